The van der Waals surface area contributed by atoms with Crippen molar-refractivity contribution < 1.29 is 9.90 Å². The molecule has 0 aliphatic carbocycles. The molecule has 1 saturated heterocycles. The van der Waals surface area contributed by atoms with E-state index in [1.165, 1.54) is 12.4 Å². The number of nitrogens with zero attached hydrogens (tertiary/aromatic N) is 3. The van der Waals surface area contributed by atoms with E-state index in [0.29, 0.717) is 23.5 Å². The SMILES string of the molecule is N#Cc1cncc(N)c1N1CCC[C@H](NC(=O)O)C1. The number of hydrogen-bond acceptors (Lipinski definition) is 5. The van der Waals surface area contributed by atoms with Gasteiger partial charge in [-0.25, -0.2) is 4.79 Å². The number of carboxylic acid groups (broad SMARTS) is 1. The largest absolute Gasteiger partial charge is 0.465 e. The van der Waals surface area contributed by atoms with Crippen LogP contribution in [0.25, 0.3) is 0 Å². The second-order valence-corrected chi connectivity index (χ2v) is 4.47. The van der Waals surface area contributed by atoms with Crippen molar-refractivity contribution in [3.05, 3.63) is 18.0 Å². The summed E-state index contributed by atoms with van der Waals surface area (Å²) in [6, 6.07) is 1.92. The molecule has 1 atom stereocenters. The summed E-state index contributed by atoms with van der Waals surface area (Å²) in [5.74, 6) is 0. The summed E-state index contributed by atoms with van der Waals surface area (Å²) in [6.45, 7) is 1.26. The first-order chi connectivity index (χ1) is 9.11. The first-order valence-corrected chi connectivity index (χ1v) is 5.99. The highest BCUT2D eigenvalue weighted by atomic mass is 16.4. The molecular weight excluding hydrogens is 246 g/mol. The molecule has 0 radical (unpaired) electrons. The molecule has 0 spiro atoms. The highest BCUT2D eigenvalue weighted by Crippen LogP contribution is 2.28. The zero-order valence-corrected chi connectivity index (χ0v) is 10.3. The molecule has 1 aromatic heterocycles. The molecule has 1 aliphatic heterocycles. The summed E-state index contributed by atoms with van der Waals surface area (Å²) < 4.78 is 0. The van der Waals surface area contributed by atoms with E-state index in [4.69, 9.17) is 16.1 Å². The van der Waals surface area contributed by atoms with Crippen molar-refractivity contribution in [1.29, 1.82) is 5.26 Å². The third-order valence-electron chi connectivity index (χ3n) is 3.13. The molecular formula is C12H15N5O2. The Kier molecular flexibility index (Phi) is 3.71. The average molecular weight is 261 g/mol. The van der Waals surface area contributed by atoms with E-state index in [0.717, 1.165) is 19.4 Å². The van der Waals surface area contributed by atoms with Crippen LogP contribution >= 0.6 is 0 Å². The molecule has 1 aliphatic rings. The molecule has 0 aromatic carbocycles. The fraction of sp³-hybridized carbons (Fsp3) is 0.417. The van der Waals surface area contributed by atoms with Gasteiger partial charge in [-0.2, -0.15) is 5.26 Å². The molecule has 0 saturated carbocycles. The summed E-state index contributed by atoms with van der Waals surface area (Å²) in [6.07, 6.45) is 3.58. The number of nitrogen functional groups attached to an aromatic ring is 1. The molecule has 4 N–H and O–H groups in total. The van der Waals surface area contributed by atoms with E-state index in [2.05, 4.69) is 16.4 Å². The number of nitrogens with two attached hydrogens (primary N) is 1. The van der Waals surface area contributed by atoms with Crippen molar-refractivity contribution in [2.45, 2.75) is 18.9 Å². The van der Waals surface area contributed by atoms with Crippen LogP contribution in [0.4, 0.5) is 16.2 Å². The van der Waals surface area contributed by atoms with Gasteiger partial charge in [0.05, 0.1) is 23.1 Å². The molecule has 0 unspecified atom stereocenters. The first kappa shape index (κ1) is 13.0. The second-order valence-electron chi connectivity index (χ2n) is 4.47. The highest BCUT2D eigenvalue weighted by Gasteiger charge is 2.24. The van der Waals surface area contributed by atoms with E-state index in [1.54, 1.807) is 0 Å². The Labute approximate surface area is 110 Å². The topological polar surface area (TPSA) is 115 Å². The van der Waals surface area contributed by atoms with Crippen LogP contribution in [-0.4, -0.2) is 35.3 Å². The number of nitrogens with one attached hydrogen (secondary N) is 1. The number of aromatic nitrogens is 1. The molecule has 7 nitrogen and oxygen atoms in total. The number of piperidine rings is 1. The van der Waals surface area contributed by atoms with Gasteiger partial charge < -0.3 is 21.1 Å². The van der Waals surface area contributed by atoms with Crippen LogP contribution in [0, 0.1) is 11.3 Å². The van der Waals surface area contributed by atoms with Crippen molar-refractivity contribution in [1.82, 2.24) is 10.3 Å². The molecule has 1 aromatic rings. The number of pyridine rings is 1. The molecule has 1 fully saturated rings. The van der Waals surface area contributed by atoms with Crippen molar-refractivity contribution >= 4 is 17.5 Å². The van der Waals surface area contributed by atoms with Gasteiger partial charge in [0.25, 0.3) is 0 Å². The van der Waals surface area contributed by atoms with Crippen LogP contribution in [0.5, 0.6) is 0 Å². The number of carbonyl (C=O) groups is 1. The van der Waals surface area contributed by atoms with Crippen molar-refractivity contribution in [3.8, 4) is 6.07 Å². The van der Waals surface area contributed by atoms with Gasteiger partial charge in [0.15, 0.2) is 0 Å². The van der Waals surface area contributed by atoms with Crippen LogP contribution in [-0.2, 0) is 0 Å². The Morgan fingerprint density at radius 1 is 1.63 bits per heavy atom. The summed E-state index contributed by atoms with van der Waals surface area (Å²) in [7, 11) is 0. The predicted molar refractivity (Wildman–Crippen MR) is 69.8 cm³/mol. The van der Waals surface area contributed by atoms with Gasteiger partial charge in [0.2, 0.25) is 0 Å². The van der Waals surface area contributed by atoms with Crippen LogP contribution in [0.2, 0.25) is 0 Å². The summed E-state index contributed by atoms with van der Waals surface area (Å²) in [5, 5.41) is 20.3. The fourth-order valence-electron chi connectivity index (χ4n) is 2.38. The third-order valence-corrected chi connectivity index (χ3v) is 3.13. The maximum atomic E-state index is 10.7. The quantitative estimate of drug-likeness (QED) is 0.724. The van der Waals surface area contributed by atoms with Gasteiger partial charge in [-0.05, 0) is 12.8 Å². The van der Waals surface area contributed by atoms with Gasteiger partial charge >= 0.3 is 6.09 Å². The molecule has 19 heavy (non-hydrogen) atoms. The van der Waals surface area contributed by atoms with E-state index in [9.17, 15) is 4.79 Å². The zero-order valence-electron chi connectivity index (χ0n) is 10.3. The maximum Gasteiger partial charge on any atom is 0.404 e. The van der Waals surface area contributed by atoms with Gasteiger partial charge in [-0.3, -0.25) is 4.98 Å². The Morgan fingerprint density at radius 3 is 3.11 bits per heavy atom. The van der Waals surface area contributed by atoms with E-state index < -0.39 is 6.09 Å². The molecule has 1 amide bonds. The van der Waals surface area contributed by atoms with Crippen LogP contribution in [0.3, 0.4) is 0 Å². The Bertz CT molecular complexity index is 525. The molecule has 2 rings (SSSR count). The smallest absolute Gasteiger partial charge is 0.404 e. The van der Waals surface area contributed by atoms with Crippen LogP contribution in [0.1, 0.15) is 18.4 Å². The monoisotopic (exact) mass is 261 g/mol. The lowest BCUT2D eigenvalue weighted by atomic mass is 10.0. The van der Waals surface area contributed by atoms with Gasteiger partial charge in [0.1, 0.15) is 6.07 Å². The van der Waals surface area contributed by atoms with Crippen molar-refractivity contribution in [3.63, 3.8) is 0 Å². The summed E-state index contributed by atoms with van der Waals surface area (Å²) >= 11 is 0. The van der Waals surface area contributed by atoms with Crippen molar-refractivity contribution in [2.24, 2.45) is 0 Å². The van der Waals surface area contributed by atoms with Gasteiger partial charge in [0, 0.05) is 25.3 Å². The Balaban J connectivity index is 2.22. The second kappa shape index (κ2) is 5.44. The van der Waals surface area contributed by atoms with E-state index in [-0.39, 0.29) is 6.04 Å². The zero-order chi connectivity index (χ0) is 13.8. The molecule has 100 valence electrons. The number of amides is 1. The Morgan fingerprint density at radius 2 is 2.42 bits per heavy atom. The molecule has 7 heteroatoms. The fourth-order valence-corrected chi connectivity index (χ4v) is 2.38. The highest BCUT2D eigenvalue weighted by molar-refractivity contribution is 5.74. The first-order valence-electron chi connectivity index (χ1n) is 5.99. The number of rotatable bonds is 2. The number of nitriles is 1. The standard InChI is InChI=1S/C12H15N5O2/c13-4-8-5-15-6-10(14)11(8)17-3-1-2-9(7-17)16-12(18)19/h5-6,9,16H,1-3,7,14H2,(H,18,19)/t9-/m0/s1. The van der Waals surface area contributed by atoms with E-state index in [1.807, 2.05) is 4.90 Å². The summed E-state index contributed by atoms with van der Waals surface area (Å²) in [4.78, 5) is 16.5. The predicted octanol–water partition coefficient (Wildman–Crippen LogP) is 0.772. The van der Waals surface area contributed by atoms with Crippen LogP contribution in [0.15, 0.2) is 12.4 Å². The number of hydrogen-bond donors (Lipinski definition) is 3. The van der Waals surface area contributed by atoms with Crippen LogP contribution < -0.4 is 16.0 Å². The average Bonchev–Trinajstić information content (AvgIpc) is 2.37. The van der Waals surface area contributed by atoms with Gasteiger partial charge in [-0.1, -0.05) is 0 Å². The van der Waals surface area contributed by atoms with E-state index >= 15 is 0 Å². The minimum atomic E-state index is -1.03. The third kappa shape index (κ3) is 2.85. The number of anilines is 2. The van der Waals surface area contributed by atoms with Crippen molar-refractivity contribution in [2.75, 3.05) is 23.7 Å². The lowest BCUT2D eigenvalue weighted by molar-refractivity contribution is 0.188. The van der Waals surface area contributed by atoms with Gasteiger partial charge in [-0.15, -0.1) is 0 Å². The Hall–Kier alpha value is -2.49. The maximum absolute atomic E-state index is 10.7. The minimum Gasteiger partial charge on any atom is -0.465 e. The molecule has 2 heterocycles. The lowest BCUT2D eigenvalue weighted by Crippen LogP contribution is -2.47. The normalized spacial score (nSPS) is 18.7. The minimum absolute atomic E-state index is 0.148. The molecule has 0 bridgehead atoms. The lowest BCUT2D eigenvalue weighted by Gasteiger charge is -2.35. The summed E-state index contributed by atoms with van der Waals surface area (Å²) in [5.41, 5.74) is 7.38.